The van der Waals surface area contributed by atoms with Crippen LogP contribution in [0.15, 0.2) is 102 Å². The fourth-order valence-electron chi connectivity index (χ4n) is 2.93. The molecule has 0 aliphatic rings. The van der Waals surface area contributed by atoms with Crippen LogP contribution >= 0.6 is 0 Å². The highest BCUT2D eigenvalue weighted by Gasteiger charge is 2.09. The number of furan rings is 1. The van der Waals surface area contributed by atoms with Gasteiger partial charge < -0.3 is 19.8 Å². The molecule has 4 rings (SSSR count). The van der Waals surface area contributed by atoms with Crippen molar-refractivity contribution < 1.29 is 18.7 Å². The SMILES string of the molecule is O=C(Nc1ccccc1)c1cccc(COc2ccc(NC(=O)c3ccco3)cc2)c1. The summed E-state index contributed by atoms with van der Waals surface area (Å²) in [5.41, 5.74) is 2.80. The molecule has 3 aromatic carbocycles. The van der Waals surface area contributed by atoms with Crippen molar-refractivity contribution in [1.29, 1.82) is 0 Å². The highest BCUT2D eigenvalue weighted by Crippen LogP contribution is 2.18. The molecule has 154 valence electrons. The second kappa shape index (κ2) is 9.45. The number of amides is 2. The molecule has 0 spiro atoms. The summed E-state index contributed by atoms with van der Waals surface area (Å²) in [6.07, 6.45) is 1.45. The van der Waals surface area contributed by atoms with Gasteiger partial charge in [0.15, 0.2) is 5.76 Å². The monoisotopic (exact) mass is 412 g/mol. The first-order chi connectivity index (χ1) is 15.2. The molecular formula is C25H20N2O4. The standard InChI is InChI=1S/C25H20N2O4/c28-24(26-20-8-2-1-3-9-20)19-7-4-6-18(16-19)17-31-22-13-11-21(12-14-22)27-25(29)23-10-5-15-30-23/h1-16H,17H2,(H,26,28)(H,27,29). The van der Waals surface area contributed by atoms with Crippen LogP contribution in [0.1, 0.15) is 26.5 Å². The topological polar surface area (TPSA) is 80.6 Å². The molecule has 0 saturated carbocycles. The van der Waals surface area contributed by atoms with Crippen molar-refractivity contribution in [2.45, 2.75) is 6.61 Å². The van der Waals surface area contributed by atoms with E-state index in [-0.39, 0.29) is 17.6 Å². The molecular weight excluding hydrogens is 392 g/mol. The number of carbonyl (C=O) groups is 2. The Kier molecular flexibility index (Phi) is 6.09. The second-order valence-electron chi connectivity index (χ2n) is 6.77. The zero-order chi connectivity index (χ0) is 21.5. The number of ether oxygens (including phenoxy) is 1. The van der Waals surface area contributed by atoms with Crippen LogP contribution in [0.25, 0.3) is 0 Å². The Labute approximate surface area is 179 Å². The first kappa shape index (κ1) is 20.0. The van der Waals surface area contributed by atoms with Crippen molar-refractivity contribution in [2.75, 3.05) is 10.6 Å². The van der Waals surface area contributed by atoms with Gasteiger partial charge in [-0.3, -0.25) is 9.59 Å². The molecule has 4 aromatic rings. The quantitative estimate of drug-likeness (QED) is 0.428. The Morgan fingerprint density at radius 2 is 1.48 bits per heavy atom. The number of hydrogen-bond donors (Lipinski definition) is 2. The lowest BCUT2D eigenvalue weighted by molar-refractivity contribution is 0.0994. The van der Waals surface area contributed by atoms with Gasteiger partial charge in [0.25, 0.3) is 11.8 Å². The lowest BCUT2D eigenvalue weighted by atomic mass is 10.1. The summed E-state index contributed by atoms with van der Waals surface area (Å²) < 4.78 is 10.9. The minimum Gasteiger partial charge on any atom is -0.489 e. The first-order valence-electron chi connectivity index (χ1n) is 9.70. The van der Waals surface area contributed by atoms with Gasteiger partial charge >= 0.3 is 0 Å². The Morgan fingerprint density at radius 3 is 2.23 bits per heavy atom. The Hall–Kier alpha value is -4.32. The third kappa shape index (κ3) is 5.39. The lowest BCUT2D eigenvalue weighted by Gasteiger charge is -2.10. The number of anilines is 2. The summed E-state index contributed by atoms with van der Waals surface area (Å²) in [7, 11) is 0. The fourth-order valence-corrected chi connectivity index (χ4v) is 2.93. The summed E-state index contributed by atoms with van der Waals surface area (Å²) in [6.45, 7) is 0.310. The molecule has 0 radical (unpaired) electrons. The van der Waals surface area contributed by atoms with E-state index in [1.54, 1.807) is 48.5 Å². The highest BCUT2D eigenvalue weighted by molar-refractivity contribution is 6.04. The normalized spacial score (nSPS) is 10.3. The van der Waals surface area contributed by atoms with Gasteiger partial charge in [-0.15, -0.1) is 0 Å². The first-order valence-corrected chi connectivity index (χ1v) is 9.70. The molecule has 6 heteroatoms. The second-order valence-corrected chi connectivity index (χ2v) is 6.77. The molecule has 0 saturated heterocycles. The number of para-hydroxylation sites is 1. The molecule has 1 heterocycles. The minimum absolute atomic E-state index is 0.176. The van der Waals surface area contributed by atoms with Crippen LogP contribution in [0, 0.1) is 0 Å². The van der Waals surface area contributed by atoms with E-state index in [1.807, 2.05) is 42.5 Å². The average molecular weight is 412 g/mol. The van der Waals surface area contributed by atoms with Crippen molar-refractivity contribution in [1.82, 2.24) is 0 Å². The average Bonchev–Trinajstić information content (AvgIpc) is 3.35. The highest BCUT2D eigenvalue weighted by atomic mass is 16.5. The van der Waals surface area contributed by atoms with Crippen LogP contribution < -0.4 is 15.4 Å². The van der Waals surface area contributed by atoms with Crippen LogP contribution in [0.4, 0.5) is 11.4 Å². The van der Waals surface area contributed by atoms with E-state index in [0.717, 1.165) is 11.3 Å². The van der Waals surface area contributed by atoms with Crippen LogP contribution in [-0.2, 0) is 6.61 Å². The van der Waals surface area contributed by atoms with E-state index < -0.39 is 0 Å². The lowest BCUT2D eigenvalue weighted by Crippen LogP contribution is -2.12. The van der Waals surface area contributed by atoms with E-state index in [0.29, 0.717) is 23.6 Å². The minimum atomic E-state index is -0.315. The van der Waals surface area contributed by atoms with Crippen LogP contribution in [0.5, 0.6) is 5.75 Å². The van der Waals surface area contributed by atoms with Gasteiger partial charge in [-0.05, 0) is 66.2 Å². The number of nitrogens with one attached hydrogen (secondary N) is 2. The van der Waals surface area contributed by atoms with Crippen LogP contribution in [0.2, 0.25) is 0 Å². The number of hydrogen-bond acceptors (Lipinski definition) is 4. The van der Waals surface area contributed by atoms with Gasteiger partial charge in [0.2, 0.25) is 0 Å². The molecule has 0 atom stereocenters. The maximum Gasteiger partial charge on any atom is 0.291 e. The molecule has 2 amide bonds. The molecule has 0 fully saturated rings. The largest absolute Gasteiger partial charge is 0.489 e. The molecule has 6 nitrogen and oxygen atoms in total. The predicted octanol–water partition coefficient (Wildman–Crippen LogP) is 5.36. The maximum atomic E-state index is 12.5. The predicted molar refractivity (Wildman–Crippen MR) is 118 cm³/mol. The van der Waals surface area contributed by atoms with Gasteiger partial charge in [0.05, 0.1) is 6.26 Å². The van der Waals surface area contributed by atoms with E-state index in [9.17, 15) is 9.59 Å². The van der Waals surface area contributed by atoms with Gasteiger partial charge in [-0.2, -0.15) is 0 Å². The maximum absolute atomic E-state index is 12.5. The number of rotatable bonds is 7. The third-order valence-electron chi connectivity index (χ3n) is 4.48. The van der Waals surface area contributed by atoms with Crippen LogP contribution in [-0.4, -0.2) is 11.8 Å². The van der Waals surface area contributed by atoms with Gasteiger partial charge in [-0.1, -0.05) is 30.3 Å². The molecule has 0 bridgehead atoms. The Morgan fingerprint density at radius 1 is 0.742 bits per heavy atom. The van der Waals surface area contributed by atoms with E-state index >= 15 is 0 Å². The fraction of sp³-hybridized carbons (Fsp3) is 0.0400. The van der Waals surface area contributed by atoms with Crippen molar-refractivity contribution in [3.8, 4) is 5.75 Å². The molecule has 0 aliphatic carbocycles. The summed E-state index contributed by atoms with van der Waals surface area (Å²) >= 11 is 0. The summed E-state index contributed by atoms with van der Waals surface area (Å²) in [5, 5.41) is 5.62. The number of carbonyl (C=O) groups excluding carboxylic acids is 2. The van der Waals surface area contributed by atoms with Crippen molar-refractivity contribution in [2.24, 2.45) is 0 Å². The summed E-state index contributed by atoms with van der Waals surface area (Å²) in [5.74, 6) is 0.403. The summed E-state index contributed by atoms with van der Waals surface area (Å²) in [6, 6.07) is 26.9. The van der Waals surface area contributed by atoms with E-state index in [4.69, 9.17) is 9.15 Å². The zero-order valence-corrected chi connectivity index (χ0v) is 16.6. The summed E-state index contributed by atoms with van der Waals surface area (Å²) in [4.78, 5) is 24.5. The van der Waals surface area contributed by atoms with Gasteiger partial charge in [-0.25, -0.2) is 0 Å². The Bertz CT molecular complexity index is 1150. The molecule has 0 aliphatic heterocycles. The molecule has 0 unspecified atom stereocenters. The molecule has 1 aromatic heterocycles. The van der Waals surface area contributed by atoms with E-state index in [1.165, 1.54) is 6.26 Å². The van der Waals surface area contributed by atoms with Gasteiger partial charge in [0.1, 0.15) is 12.4 Å². The van der Waals surface area contributed by atoms with Crippen molar-refractivity contribution >= 4 is 23.2 Å². The third-order valence-corrected chi connectivity index (χ3v) is 4.48. The Balaban J connectivity index is 1.33. The smallest absolute Gasteiger partial charge is 0.291 e. The van der Waals surface area contributed by atoms with Crippen molar-refractivity contribution in [3.05, 3.63) is 114 Å². The van der Waals surface area contributed by atoms with E-state index in [2.05, 4.69) is 10.6 Å². The number of benzene rings is 3. The molecule has 31 heavy (non-hydrogen) atoms. The van der Waals surface area contributed by atoms with Crippen molar-refractivity contribution in [3.63, 3.8) is 0 Å². The van der Waals surface area contributed by atoms with Crippen LogP contribution in [0.3, 0.4) is 0 Å². The zero-order valence-electron chi connectivity index (χ0n) is 16.6. The molecule has 2 N–H and O–H groups in total. The van der Waals surface area contributed by atoms with Gasteiger partial charge in [0, 0.05) is 16.9 Å².